The van der Waals surface area contributed by atoms with Gasteiger partial charge in [0.25, 0.3) is 11.5 Å². The molecule has 3 aromatic rings. The van der Waals surface area contributed by atoms with Crippen LogP contribution in [0.3, 0.4) is 0 Å². The van der Waals surface area contributed by atoms with Gasteiger partial charge >= 0.3 is 0 Å². The Hall–Kier alpha value is -3.22. The van der Waals surface area contributed by atoms with E-state index in [1.165, 1.54) is 29.0 Å². The molecular formula is C17H15FN4O2. The van der Waals surface area contributed by atoms with Crippen molar-refractivity contribution in [3.63, 3.8) is 0 Å². The summed E-state index contributed by atoms with van der Waals surface area (Å²) >= 11 is 0. The van der Waals surface area contributed by atoms with E-state index in [4.69, 9.17) is 0 Å². The van der Waals surface area contributed by atoms with E-state index in [9.17, 15) is 14.0 Å². The van der Waals surface area contributed by atoms with Gasteiger partial charge in [-0.3, -0.25) is 9.59 Å². The highest BCUT2D eigenvalue weighted by Crippen LogP contribution is 2.19. The molecule has 0 saturated carbocycles. The molecule has 0 aliphatic heterocycles. The molecule has 0 radical (unpaired) electrons. The van der Waals surface area contributed by atoms with Crippen molar-refractivity contribution in [1.82, 2.24) is 14.1 Å². The van der Waals surface area contributed by atoms with Crippen LogP contribution < -0.4 is 10.9 Å². The summed E-state index contributed by atoms with van der Waals surface area (Å²) in [5.41, 5.74) is 0.573. The molecule has 1 aromatic carbocycles. The number of imidazole rings is 1. The molecule has 0 aliphatic carbocycles. The highest BCUT2D eigenvalue weighted by molar-refractivity contribution is 6.04. The van der Waals surface area contributed by atoms with E-state index in [0.29, 0.717) is 17.2 Å². The summed E-state index contributed by atoms with van der Waals surface area (Å²) in [7, 11) is 1.59. The number of halogens is 1. The van der Waals surface area contributed by atoms with E-state index in [2.05, 4.69) is 10.3 Å². The van der Waals surface area contributed by atoms with E-state index in [-0.39, 0.29) is 11.1 Å². The molecule has 0 fully saturated rings. The molecule has 0 spiro atoms. The molecular weight excluding hydrogens is 311 g/mol. The van der Waals surface area contributed by atoms with E-state index < -0.39 is 11.7 Å². The Morgan fingerprint density at radius 3 is 2.62 bits per heavy atom. The van der Waals surface area contributed by atoms with Crippen LogP contribution in [0.4, 0.5) is 10.1 Å². The fourth-order valence-electron chi connectivity index (χ4n) is 2.31. The van der Waals surface area contributed by atoms with Crippen molar-refractivity contribution in [3.8, 4) is 5.69 Å². The van der Waals surface area contributed by atoms with Gasteiger partial charge in [-0.05, 0) is 31.2 Å². The van der Waals surface area contributed by atoms with Crippen LogP contribution in [0, 0.1) is 12.7 Å². The van der Waals surface area contributed by atoms with E-state index >= 15 is 0 Å². The molecule has 1 N–H and O–H groups in total. The van der Waals surface area contributed by atoms with Crippen molar-refractivity contribution < 1.29 is 9.18 Å². The van der Waals surface area contributed by atoms with E-state index in [1.807, 2.05) is 0 Å². The number of rotatable bonds is 3. The van der Waals surface area contributed by atoms with Crippen LogP contribution in [0.5, 0.6) is 0 Å². The number of aromatic nitrogens is 3. The molecule has 2 heterocycles. The zero-order valence-corrected chi connectivity index (χ0v) is 13.2. The third-order valence-electron chi connectivity index (χ3n) is 3.66. The molecule has 0 bridgehead atoms. The number of anilines is 1. The molecule has 2 aromatic heterocycles. The average Bonchev–Trinajstić information content (AvgIpc) is 2.96. The number of benzene rings is 1. The van der Waals surface area contributed by atoms with Crippen molar-refractivity contribution >= 4 is 11.6 Å². The fraction of sp³-hybridized carbons (Fsp3) is 0.118. The number of nitrogens with zero attached hydrogens (tertiary/aromatic N) is 3. The van der Waals surface area contributed by atoms with Crippen LogP contribution in [0.2, 0.25) is 0 Å². The van der Waals surface area contributed by atoms with Gasteiger partial charge in [0.15, 0.2) is 0 Å². The SMILES string of the molecule is Cc1nccn1-c1ccc(NC(=O)c2ccn(C)c(=O)c2)cc1F. The molecule has 0 aliphatic rings. The minimum atomic E-state index is -0.488. The van der Waals surface area contributed by atoms with Crippen LogP contribution in [-0.4, -0.2) is 20.0 Å². The van der Waals surface area contributed by atoms with Gasteiger partial charge in [0.1, 0.15) is 11.6 Å². The van der Waals surface area contributed by atoms with Gasteiger partial charge in [-0.2, -0.15) is 0 Å². The van der Waals surface area contributed by atoms with E-state index in [0.717, 1.165) is 0 Å². The standard InChI is InChI=1S/C17H15FN4O2/c1-11-19-6-8-22(11)15-4-3-13(10-14(15)18)20-17(24)12-5-7-21(2)16(23)9-12/h3-10H,1-2H3,(H,20,24). The largest absolute Gasteiger partial charge is 0.322 e. The summed E-state index contributed by atoms with van der Waals surface area (Å²) in [5.74, 6) is -0.303. The first-order chi connectivity index (χ1) is 11.5. The predicted octanol–water partition coefficient (Wildman–Crippen LogP) is 2.27. The van der Waals surface area contributed by atoms with Gasteiger partial charge in [-0.1, -0.05) is 0 Å². The second-order valence-electron chi connectivity index (χ2n) is 5.33. The number of carbonyl (C=O) groups excluding carboxylic acids is 1. The molecule has 24 heavy (non-hydrogen) atoms. The molecule has 1 amide bonds. The zero-order valence-electron chi connectivity index (χ0n) is 13.2. The van der Waals surface area contributed by atoms with Crippen LogP contribution in [-0.2, 0) is 7.05 Å². The summed E-state index contributed by atoms with van der Waals surface area (Å²) in [5, 5.41) is 2.58. The molecule has 122 valence electrons. The number of hydrogen-bond acceptors (Lipinski definition) is 3. The minimum Gasteiger partial charge on any atom is -0.322 e. The molecule has 7 heteroatoms. The van der Waals surface area contributed by atoms with Gasteiger partial charge in [-0.25, -0.2) is 9.37 Å². The van der Waals surface area contributed by atoms with Gasteiger partial charge in [0, 0.05) is 43.0 Å². The number of carbonyl (C=O) groups is 1. The Kier molecular flexibility index (Phi) is 3.99. The zero-order chi connectivity index (χ0) is 17.3. The average molecular weight is 326 g/mol. The Labute approximate surface area is 137 Å². The van der Waals surface area contributed by atoms with Crippen LogP contribution >= 0.6 is 0 Å². The van der Waals surface area contributed by atoms with Crippen molar-refractivity contribution in [3.05, 3.63) is 76.5 Å². The van der Waals surface area contributed by atoms with Crippen molar-refractivity contribution in [2.45, 2.75) is 6.92 Å². The third kappa shape index (κ3) is 2.96. The van der Waals surface area contributed by atoms with Gasteiger partial charge in [-0.15, -0.1) is 0 Å². The van der Waals surface area contributed by atoms with Gasteiger partial charge in [0.05, 0.1) is 5.69 Å². The second-order valence-corrected chi connectivity index (χ2v) is 5.33. The lowest BCUT2D eigenvalue weighted by Gasteiger charge is -2.10. The van der Waals surface area contributed by atoms with Gasteiger partial charge in [0.2, 0.25) is 0 Å². The Morgan fingerprint density at radius 2 is 2.00 bits per heavy atom. The first-order valence-electron chi connectivity index (χ1n) is 7.23. The van der Waals surface area contributed by atoms with Crippen LogP contribution in [0.15, 0.2) is 53.7 Å². The summed E-state index contributed by atoms with van der Waals surface area (Å²) in [6, 6.07) is 7.14. The number of pyridine rings is 1. The minimum absolute atomic E-state index is 0.216. The van der Waals surface area contributed by atoms with E-state index in [1.54, 1.807) is 43.1 Å². The lowest BCUT2D eigenvalue weighted by atomic mass is 10.2. The Bertz CT molecular complexity index is 975. The molecule has 3 rings (SSSR count). The summed E-state index contributed by atoms with van der Waals surface area (Å²) in [4.78, 5) is 27.8. The normalized spacial score (nSPS) is 10.6. The van der Waals surface area contributed by atoms with Gasteiger partial charge < -0.3 is 14.5 Å². The maximum absolute atomic E-state index is 14.3. The second kappa shape index (κ2) is 6.11. The highest BCUT2D eigenvalue weighted by atomic mass is 19.1. The topological polar surface area (TPSA) is 68.9 Å². The lowest BCUT2D eigenvalue weighted by Crippen LogP contribution is -2.20. The monoisotopic (exact) mass is 326 g/mol. The maximum atomic E-state index is 14.3. The quantitative estimate of drug-likeness (QED) is 0.803. The summed E-state index contributed by atoms with van der Waals surface area (Å²) < 4.78 is 17.3. The number of aryl methyl sites for hydroxylation is 2. The van der Waals surface area contributed by atoms with Crippen molar-refractivity contribution in [2.24, 2.45) is 7.05 Å². The highest BCUT2D eigenvalue weighted by Gasteiger charge is 2.11. The smallest absolute Gasteiger partial charge is 0.255 e. The number of amides is 1. The molecule has 6 nitrogen and oxygen atoms in total. The summed E-state index contributed by atoms with van der Waals surface area (Å²) in [6.07, 6.45) is 4.74. The van der Waals surface area contributed by atoms with Crippen LogP contribution in [0.25, 0.3) is 5.69 Å². The summed E-state index contributed by atoms with van der Waals surface area (Å²) in [6.45, 7) is 1.77. The predicted molar refractivity (Wildman–Crippen MR) is 87.9 cm³/mol. The fourth-order valence-corrected chi connectivity index (χ4v) is 2.31. The molecule has 0 saturated heterocycles. The Morgan fingerprint density at radius 1 is 1.21 bits per heavy atom. The van der Waals surface area contributed by atoms with Crippen LogP contribution in [0.1, 0.15) is 16.2 Å². The van der Waals surface area contributed by atoms with Crippen molar-refractivity contribution in [1.29, 1.82) is 0 Å². The molecule has 0 unspecified atom stereocenters. The number of nitrogens with one attached hydrogen (secondary N) is 1. The Balaban J connectivity index is 1.84. The first kappa shape index (κ1) is 15.7. The maximum Gasteiger partial charge on any atom is 0.255 e. The molecule has 0 atom stereocenters. The first-order valence-corrected chi connectivity index (χ1v) is 7.23. The van der Waals surface area contributed by atoms with Crippen molar-refractivity contribution in [2.75, 3.05) is 5.32 Å². The lowest BCUT2D eigenvalue weighted by molar-refractivity contribution is 0.102. The third-order valence-corrected chi connectivity index (χ3v) is 3.66. The number of hydrogen-bond donors (Lipinski definition) is 1.